The molecule has 0 bridgehead atoms. The lowest BCUT2D eigenvalue weighted by Gasteiger charge is -2.44. The Morgan fingerprint density at radius 1 is 1.29 bits per heavy atom. The van der Waals surface area contributed by atoms with Crippen molar-refractivity contribution in [1.29, 1.82) is 5.26 Å². The van der Waals surface area contributed by atoms with Crippen LogP contribution in [0.2, 0.25) is 0 Å². The molecule has 1 aliphatic rings. The number of nitrogens with one attached hydrogen (secondary N) is 1. The highest BCUT2D eigenvalue weighted by Crippen LogP contribution is 2.15. The molecule has 0 radical (unpaired) electrons. The van der Waals surface area contributed by atoms with E-state index in [2.05, 4.69) is 35.0 Å². The smallest absolute Gasteiger partial charge is 0.0869 e. The van der Waals surface area contributed by atoms with E-state index in [1.807, 2.05) is 7.05 Å². The van der Waals surface area contributed by atoms with Gasteiger partial charge in [0.1, 0.15) is 0 Å². The predicted octanol–water partition coefficient (Wildman–Crippen LogP) is 0.0815. The van der Waals surface area contributed by atoms with Gasteiger partial charge in [-0.2, -0.15) is 5.26 Å². The van der Waals surface area contributed by atoms with Crippen molar-refractivity contribution in [3.05, 3.63) is 0 Å². The fraction of sp³-hybridized carbons (Fsp3) is 0.900. The summed E-state index contributed by atoms with van der Waals surface area (Å²) in [5.41, 5.74) is 0. The summed E-state index contributed by atoms with van der Waals surface area (Å²) in [7, 11) is 1.97. The molecular weight excluding hydrogens is 176 g/mol. The summed E-state index contributed by atoms with van der Waals surface area (Å²) in [5.74, 6) is 0. The molecule has 0 aromatic carbocycles. The highest BCUT2D eigenvalue weighted by molar-refractivity contribution is 4.90. The van der Waals surface area contributed by atoms with Gasteiger partial charge < -0.3 is 5.32 Å². The van der Waals surface area contributed by atoms with E-state index in [9.17, 15) is 0 Å². The van der Waals surface area contributed by atoms with Crippen LogP contribution in [0.25, 0.3) is 0 Å². The van der Waals surface area contributed by atoms with Gasteiger partial charge in [0.25, 0.3) is 0 Å². The standard InChI is InChI=1S/C10H20N4/c1-9-10(2)14(8-12-3)7-6-13(9)5-4-11/h9-10,12H,5-8H2,1-3H3. The average Bonchev–Trinajstić information content (AvgIpc) is 2.18. The second-order valence-corrected chi connectivity index (χ2v) is 3.93. The van der Waals surface area contributed by atoms with E-state index < -0.39 is 0 Å². The number of nitriles is 1. The van der Waals surface area contributed by atoms with Crippen molar-refractivity contribution in [2.75, 3.05) is 33.4 Å². The van der Waals surface area contributed by atoms with E-state index in [1.165, 1.54) is 0 Å². The lowest BCUT2D eigenvalue weighted by molar-refractivity contribution is 0.0404. The summed E-state index contributed by atoms with van der Waals surface area (Å²) in [5, 5.41) is 11.9. The fourth-order valence-corrected chi connectivity index (χ4v) is 2.01. The molecule has 0 aromatic heterocycles. The van der Waals surface area contributed by atoms with Crippen LogP contribution in [-0.2, 0) is 0 Å². The van der Waals surface area contributed by atoms with Gasteiger partial charge in [-0.15, -0.1) is 0 Å². The van der Waals surface area contributed by atoms with Crippen LogP contribution in [0.15, 0.2) is 0 Å². The normalized spacial score (nSPS) is 30.1. The number of hydrogen-bond donors (Lipinski definition) is 1. The van der Waals surface area contributed by atoms with Crippen LogP contribution in [-0.4, -0.2) is 55.2 Å². The van der Waals surface area contributed by atoms with Crippen molar-refractivity contribution in [3.63, 3.8) is 0 Å². The molecule has 1 rings (SSSR count). The van der Waals surface area contributed by atoms with Crippen molar-refractivity contribution in [3.8, 4) is 6.07 Å². The van der Waals surface area contributed by atoms with E-state index in [0.717, 1.165) is 19.8 Å². The summed E-state index contributed by atoms with van der Waals surface area (Å²) < 4.78 is 0. The van der Waals surface area contributed by atoms with E-state index >= 15 is 0 Å². The minimum atomic E-state index is 0.469. The third-order valence-corrected chi connectivity index (χ3v) is 3.16. The molecule has 0 spiro atoms. The number of piperazine rings is 1. The third-order valence-electron chi connectivity index (χ3n) is 3.16. The monoisotopic (exact) mass is 196 g/mol. The Balaban J connectivity index is 2.51. The maximum atomic E-state index is 8.67. The predicted molar refractivity (Wildman–Crippen MR) is 56.7 cm³/mol. The van der Waals surface area contributed by atoms with Gasteiger partial charge in [0, 0.05) is 31.8 Å². The van der Waals surface area contributed by atoms with Crippen LogP contribution < -0.4 is 5.32 Å². The van der Waals surface area contributed by atoms with Crippen LogP contribution in [0.3, 0.4) is 0 Å². The topological polar surface area (TPSA) is 42.3 Å². The summed E-state index contributed by atoms with van der Waals surface area (Å²) in [6, 6.07) is 3.21. The third kappa shape index (κ3) is 2.44. The van der Waals surface area contributed by atoms with Gasteiger partial charge in [0.05, 0.1) is 12.6 Å². The van der Waals surface area contributed by atoms with Crippen LogP contribution in [0.4, 0.5) is 0 Å². The van der Waals surface area contributed by atoms with E-state index in [-0.39, 0.29) is 0 Å². The summed E-state index contributed by atoms with van der Waals surface area (Å²) >= 11 is 0. The van der Waals surface area contributed by atoms with Crippen molar-refractivity contribution in [1.82, 2.24) is 15.1 Å². The first-order chi connectivity index (χ1) is 6.70. The molecule has 14 heavy (non-hydrogen) atoms. The maximum absolute atomic E-state index is 8.67. The molecule has 0 aromatic rings. The molecule has 2 atom stereocenters. The van der Waals surface area contributed by atoms with Gasteiger partial charge in [-0.1, -0.05) is 0 Å². The molecule has 80 valence electrons. The van der Waals surface area contributed by atoms with Crippen LogP contribution in [0, 0.1) is 11.3 Å². The van der Waals surface area contributed by atoms with Crippen LogP contribution >= 0.6 is 0 Å². The first kappa shape index (κ1) is 11.4. The van der Waals surface area contributed by atoms with Gasteiger partial charge in [-0.3, -0.25) is 9.80 Å². The van der Waals surface area contributed by atoms with Crippen molar-refractivity contribution in [2.45, 2.75) is 25.9 Å². The average molecular weight is 196 g/mol. The van der Waals surface area contributed by atoms with Crippen molar-refractivity contribution in [2.24, 2.45) is 0 Å². The zero-order chi connectivity index (χ0) is 10.6. The highest BCUT2D eigenvalue weighted by atomic mass is 15.3. The van der Waals surface area contributed by atoms with E-state index in [4.69, 9.17) is 5.26 Å². The fourth-order valence-electron chi connectivity index (χ4n) is 2.01. The number of hydrogen-bond acceptors (Lipinski definition) is 4. The molecule has 1 saturated heterocycles. The number of nitrogens with zero attached hydrogens (tertiary/aromatic N) is 3. The minimum absolute atomic E-state index is 0.469. The summed E-state index contributed by atoms with van der Waals surface area (Å²) in [6.45, 7) is 7.97. The second-order valence-electron chi connectivity index (χ2n) is 3.93. The van der Waals surface area contributed by atoms with Gasteiger partial charge in [0.15, 0.2) is 0 Å². The van der Waals surface area contributed by atoms with Gasteiger partial charge in [-0.25, -0.2) is 0 Å². The Kier molecular flexibility index (Phi) is 4.33. The Hall–Kier alpha value is -0.630. The van der Waals surface area contributed by atoms with Crippen molar-refractivity contribution < 1.29 is 0 Å². The van der Waals surface area contributed by atoms with Gasteiger partial charge >= 0.3 is 0 Å². The molecular formula is C10H20N4. The first-order valence-corrected chi connectivity index (χ1v) is 5.20. The molecule has 1 aliphatic heterocycles. The minimum Gasteiger partial charge on any atom is -0.307 e. The summed E-state index contributed by atoms with van der Waals surface area (Å²) in [6.07, 6.45) is 0. The summed E-state index contributed by atoms with van der Waals surface area (Å²) in [4.78, 5) is 4.66. The zero-order valence-corrected chi connectivity index (χ0v) is 9.32. The van der Waals surface area contributed by atoms with E-state index in [1.54, 1.807) is 0 Å². The molecule has 1 fully saturated rings. The molecule has 0 saturated carbocycles. The van der Waals surface area contributed by atoms with Crippen LogP contribution in [0.5, 0.6) is 0 Å². The molecule has 0 aliphatic carbocycles. The molecule has 4 heteroatoms. The van der Waals surface area contributed by atoms with Gasteiger partial charge in [0.2, 0.25) is 0 Å². The molecule has 2 unspecified atom stereocenters. The highest BCUT2D eigenvalue weighted by Gasteiger charge is 2.29. The lowest BCUT2D eigenvalue weighted by Crippen LogP contribution is -2.58. The van der Waals surface area contributed by atoms with Gasteiger partial charge in [-0.05, 0) is 20.9 Å². The maximum Gasteiger partial charge on any atom is 0.0869 e. The first-order valence-electron chi connectivity index (χ1n) is 5.20. The van der Waals surface area contributed by atoms with Crippen molar-refractivity contribution >= 4 is 0 Å². The zero-order valence-electron chi connectivity index (χ0n) is 9.32. The Labute approximate surface area is 86.5 Å². The quantitative estimate of drug-likeness (QED) is 0.649. The van der Waals surface area contributed by atoms with Crippen LogP contribution in [0.1, 0.15) is 13.8 Å². The van der Waals surface area contributed by atoms with E-state index in [0.29, 0.717) is 18.6 Å². The lowest BCUT2D eigenvalue weighted by atomic mass is 10.1. The molecule has 1 heterocycles. The Morgan fingerprint density at radius 3 is 2.43 bits per heavy atom. The molecule has 4 nitrogen and oxygen atoms in total. The largest absolute Gasteiger partial charge is 0.307 e. The molecule has 1 N–H and O–H groups in total. The SMILES string of the molecule is CNCN1CCN(CC#N)C(C)C1C. The molecule has 0 amide bonds. The second kappa shape index (κ2) is 5.30. The number of rotatable bonds is 3. The Bertz CT molecular complexity index is 211. The Morgan fingerprint density at radius 2 is 1.86 bits per heavy atom.